The Morgan fingerprint density at radius 1 is 1.40 bits per heavy atom. The standard InChI is InChI=1S/C15H20O5/c1-10(6-12(17)18)4-5-15(19)13(2)7-11(16)8-14(15,3)20-9-13/h4-6,19H,7-9H2,1-3H3,(H,17,18)/p-1/b5-4+,10-6-/t13-,14-,15-/m0/s1. The van der Waals surface area contributed by atoms with Crippen LogP contribution in [0.4, 0.5) is 0 Å². The van der Waals surface area contributed by atoms with Crippen LogP contribution in [-0.4, -0.2) is 34.7 Å². The molecule has 20 heavy (non-hydrogen) atoms. The first-order valence-corrected chi connectivity index (χ1v) is 6.58. The second-order valence-corrected chi connectivity index (χ2v) is 6.28. The molecular formula is C15H19O5-. The Labute approximate surface area is 117 Å². The van der Waals surface area contributed by atoms with E-state index in [1.165, 1.54) is 6.08 Å². The number of hydrogen-bond donors (Lipinski definition) is 1. The van der Waals surface area contributed by atoms with Crippen LogP contribution in [0.1, 0.15) is 33.6 Å². The molecule has 2 bridgehead atoms. The number of fused-ring (bicyclic) bond motifs is 2. The van der Waals surface area contributed by atoms with Crippen LogP contribution in [0, 0.1) is 5.41 Å². The Hall–Kier alpha value is -1.46. The zero-order valence-corrected chi connectivity index (χ0v) is 11.9. The number of carbonyl (C=O) groups is 2. The fourth-order valence-electron chi connectivity index (χ4n) is 3.29. The first-order valence-electron chi connectivity index (χ1n) is 6.58. The molecule has 1 aliphatic heterocycles. The third kappa shape index (κ3) is 2.11. The number of Topliss-reactive ketones (excluding diaryl/α,β-unsaturated/α-hetero) is 1. The van der Waals surface area contributed by atoms with Gasteiger partial charge in [0.25, 0.3) is 0 Å². The average molecular weight is 279 g/mol. The van der Waals surface area contributed by atoms with Gasteiger partial charge in [0.1, 0.15) is 17.0 Å². The molecule has 5 nitrogen and oxygen atoms in total. The van der Waals surface area contributed by atoms with Gasteiger partial charge in [0.05, 0.1) is 12.6 Å². The van der Waals surface area contributed by atoms with E-state index in [-0.39, 0.29) is 18.6 Å². The molecule has 1 N–H and O–H groups in total. The molecule has 1 heterocycles. The number of ether oxygens (including phenoxy) is 1. The number of aliphatic hydroxyl groups is 1. The number of hydrogen-bond acceptors (Lipinski definition) is 5. The van der Waals surface area contributed by atoms with Crippen molar-refractivity contribution in [2.75, 3.05) is 6.61 Å². The number of carbonyl (C=O) groups excluding carboxylic acids is 2. The highest BCUT2D eigenvalue weighted by atomic mass is 16.5. The maximum Gasteiger partial charge on any atom is 0.136 e. The number of carboxylic acid groups (broad SMARTS) is 1. The van der Waals surface area contributed by atoms with Crippen molar-refractivity contribution in [2.45, 2.75) is 44.8 Å². The second kappa shape index (κ2) is 4.53. The van der Waals surface area contributed by atoms with Gasteiger partial charge in [0, 0.05) is 18.3 Å². The van der Waals surface area contributed by atoms with Crippen LogP contribution in [0.25, 0.3) is 0 Å². The molecule has 1 saturated carbocycles. The minimum atomic E-state index is -1.30. The van der Waals surface area contributed by atoms with E-state index in [4.69, 9.17) is 4.74 Å². The first-order chi connectivity index (χ1) is 9.12. The van der Waals surface area contributed by atoms with Crippen molar-refractivity contribution in [1.29, 1.82) is 0 Å². The van der Waals surface area contributed by atoms with E-state index in [0.717, 1.165) is 6.08 Å². The van der Waals surface area contributed by atoms with E-state index in [9.17, 15) is 19.8 Å². The predicted molar refractivity (Wildman–Crippen MR) is 69.6 cm³/mol. The largest absolute Gasteiger partial charge is 0.545 e. The summed E-state index contributed by atoms with van der Waals surface area (Å²) in [5.41, 5.74) is -2.48. The van der Waals surface area contributed by atoms with E-state index in [1.807, 2.05) is 6.92 Å². The molecule has 0 aromatic rings. The molecule has 3 atom stereocenters. The molecule has 0 spiro atoms. The number of ketones is 1. The third-order valence-corrected chi connectivity index (χ3v) is 4.49. The molecule has 0 aromatic carbocycles. The average Bonchev–Trinajstić information content (AvgIpc) is 2.43. The van der Waals surface area contributed by atoms with Crippen LogP contribution in [-0.2, 0) is 14.3 Å². The van der Waals surface area contributed by atoms with Gasteiger partial charge in [-0.2, -0.15) is 0 Å². The molecule has 2 fully saturated rings. The van der Waals surface area contributed by atoms with Gasteiger partial charge in [-0.1, -0.05) is 13.0 Å². The van der Waals surface area contributed by atoms with Crippen molar-refractivity contribution in [1.82, 2.24) is 0 Å². The summed E-state index contributed by atoms with van der Waals surface area (Å²) >= 11 is 0. The molecule has 0 unspecified atom stereocenters. The highest BCUT2D eigenvalue weighted by Gasteiger charge is 2.67. The lowest BCUT2D eigenvalue weighted by atomic mass is 9.59. The van der Waals surface area contributed by atoms with Crippen molar-refractivity contribution in [3.63, 3.8) is 0 Å². The summed E-state index contributed by atoms with van der Waals surface area (Å²) in [5, 5.41) is 21.5. The predicted octanol–water partition coefficient (Wildman–Crippen LogP) is 0.128. The molecule has 0 aromatic heterocycles. The molecule has 1 saturated heterocycles. The summed E-state index contributed by atoms with van der Waals surface area (Å²) in [5.74, 6) is -1.21. The fourth-order valence-corrected chi connectivity index (χ4v) is 3.29. The summed E-state index contributed by atoms with van der Waals surface area (Å²) in [6, 6.07) is 0. The quantitative estimate of drug-likeness (QED) is 0.586. The van der Waals surface area contributed by atoms with Gasteiger partial charge < -0.3 is 19.7 Å². The topological polar surface area (TPSA) is 86.7 Å². The maximum absolute atomic E-state index is 11.8. The van der Waals surface area contributed by atoms with Crippen molar-refractivity contribution < 1.29 is 24.5 Å². The molecule has 0 amide bonds. The van der Waals surface area contributed by atoms with Crippen LogP contribution in [0.5, 0.6) is 0 Å². The second-order valence-electron chi connectivity index (χ2n) is 6.28. The molecule has 2 aliphatic rings. The lowest BCUT2D eigenvalue weighted by Gasteiger charge is -2.47. The normalized spacial score (nSPS) is 41.4. The van der Waals surface area contributed by atoms with Crippen molar-refractivity contribution in [3.05, 3.63) is 23.8 Å². The zero-order chi connectivity index (χ0) is 15.2. The molecule has 110 valence electrons. The maximum atomic E-state index is 11.8. The number of carboxylic acids is 1. The Bertz CT molecular complexity index is 496. The van der Waals surface area contributed by atoms with Crippen molar-refractivity contribution in [3.8, 4) is 0 Å². The van der Waals surface area contributed by atoms with Crippen molar-refractivity contribution in [2.24, 2.45) is 5.41 Å². The van der Waals surface area contributed by atoms with E-state index >= 15 is 0 Å². The van der Waals surface area contributed by atoms with Crippen molar-refractivity contribution >= 4 is 11.8 Å². The monoisotopic (exact) mass is 279 g/mol. The Morgan fingerprint density at radius 2 is 2.05 bits per heavy atom. The van der Waals surface area contributed by atoms with E-state index in [2.05, 4.69) is 0 Å². The summed E-state index contributed by atoms with van der Waals surface area (Å²) in [6.45, 7) is 5.45. The smallest absolute Gasteiger partial charge is 0.136 e. The lowest BCUT2D eigenvalue weighted by molar-refractivity contribution is -0.297. The third-order valence-electron chi connectivity index (χ3n) is 4.49. The van der Waals surface area contributed by atoms with Crippen LogP contribution >= 0.6 is 0 Å². The molecule has 5 heteroatoms. The fraction of sp³-hybridized carbons (Fsp3) is 0.600. The number of allylic oxidation sites excluding steroid dienone is 2. The Kier molecular flexibility index (Phi) is 3.38. The minimum absolute atomic E-state index is 0.0765. The Balaban J connectivity index is 2.36. The van der Waals surface area contributed by atoms with Gasteiger partial charge in [-0.05, 0) is 31.6 Å². The first kappa shape index (κ1) is 14.9. The van der Waals surface area contributed by atoms with E-state index < -0.39 is 22.6 Å². The molecule has 1 aliphatic carbocycles. The summed E-state index contributed by atoms with van der Waals surface area (Å²) < 4.78 is 5.70. The van der Waals surface area contributed by atoms with Crippen LogP contribution < -0.4 is 5.11 Å². The van der Waals surface area contributed by atoms with Gasteiger partial charge in [0.15, 0.2) is 0 Å². The SMILES string of the molecule is CC(=C/C(=O)[O-])/C=C/[C@]1(O)[C@]2(C)CO[C@@]1(C)CC(=O)C2. The van der Waals surface area contributed by atoms with Gasteiger partial charge in [-0.25, -0.2) is 0 Å². The van der Waals surface area contributed by atoms with Gasteiger partial charge in [-0.15, -0.1) is 0 Å². The summed E-state index contributed by atoms with van der Waals surface area (Å²) in [4.78, 5) is 22.3. The zero-order valence-electron chi connectivity index (χ0n) is 11.9. The number of aliphatic carboxylic acids is 1. The summed E-state index contributed by atoms with van der Waals surface area (Å²) in [7, 11) is 0. The molecule has 0 radical (unpaired) electrons. The Morgan fingerprint density at radius 3 is 2.60 bits per heavy atom. The van der Waals surface area contributed by atoms with Crippen LogP contribution in [0.15, 0.2) is 23.8 Å². The van der Waals surface area contributed by atoms with Gasteiger partial charge >= 0.3 is 0 Å². The summed E-state index contributed by atoms with van der Waals surface area (Å²) in [6.07, 6.45) is 4.47. The minimum Gasteiger partial charge on any atom is -0.545 e. The van der Waals surface area contributed by atoms with Gasteiger partial charge in [-0.3, -0.25) is 4.79 Å². The van der Waals surface area contributed by atoms with Gasteiger partial charge in [0.2, 0.25) is 0 Å². The van der Waals surface area contributed by atoms with E-state index in [1.54, 1.807) is 19.9 Å². The van der Waals surface area contributed by atoms with Crippen LogP contribution in [0.2, 0.25) is 0 Å². The lowest BCUT2D eigenvalue weighted by Crippen LogP contribution is -2.60. The van der Waals surface area contributed by atoms with Crippen LogP contribution in [0.3, 0.4) is 0 Å². The number of rotatable bonds is 3. The highest BCUT2D eigenvalue weighted by Crippen LogP contribution is 2.56. The van der Waals surface area contributed by atoms with E-state index in [0.29, 0.717) is 12.2 Å². The molecule has 2 rings (SSSR count). The highest BCUT2D eigenvalue weighted by molar-refractivity contribution is 5.83. The molecular weight excluding hydrogens is 260 g/mol.